The highest BCUT2D eigenvalue weighted by atomic mass is 16.5. The first-order valence-corrected chi connectivity index (χ1v) is 6.88. The summed E-state index contributed by atoms with van der Waals surface area (Å²) in [5.41, 5.74) is 7.91. The Bertz CT molecular complexity index is 492. The van der Waals surface area contributed by atoms with Crippen molar-refractivity contribution in [1.82, 2.24) is 0 Å². The molecular formula is C17H21NO2. The Labute approximate surface area is 120 Å². The van der Waals surface area contributed by atoms with Crippen molar-refractivity contribution in [3.63, 3.8) is 0 Å². The molecule has 106 valence electrons. The highest BCUT2D eigenvalue weighted by Crippen LogP contribution is 2.16. The molecule has 3 heteroatoms. The van der Waals surface area contributed by atoms with E-state index in [-0.39, 0.29) is 12.5 Å². The lowest BCUT2D eigenvalue weighted by molar-refractivity contribution is 0.230. The van der Waals surface area contributed by atoms with E-state index in [1.54, 1.807) is 0 Å². The summed E-state index contributed by atoms with van der Waals surface area (Å²) in [5, 5.41) is 9.15. The molecule has 1 unspecified atom stereocenters. The second-order valence-electron chi connectivity index (χ2n) is 4.91. The highest BCUT2D eigenvalue weighted by Gasteiger charge is 2.06. The average molecular weight is 271 g/mol. The number of hydrogen-bond donors (Lipinski definition) is 2. The molecule has 3 N–H and O–H groups in total. The molecule has 0 radical (unpaired) electrons. The summed E-state index contributed by atoms with van der Waals surface area (Å²) in [7, 11) is 0. The van der Waals surface area contributed by atoms with Crippen molar-refractivity contribution in [1.29, 1.82) is 0 Å². The van der Waals surface area contributed by atoms with Crippen LogP contribution in [-0.2, 0) is 13.0 Å². The SMILES string of the molecule is NCC(CO)Cc1ccc(OCc2ccccc2)cc1. The van der Waals surface area contributed by atoms with Gasteiger partial charge in [0, 0.05) is 6.61 Å². The zero-order chi connectivity index (χ0) is 14.2. The molecule has 0 saturated carbocycles. The van der Waals surface area contributed by atoms with E-state index >= 15 is 0 Å². The van der Waals surface area contributed by atoms with Crippen LogP contribution >= 0.6 is 0 Å². The summed E-state index contributed by atoms with van der Waals surface area (Å²) < 4.78 is 5.73. The quantitative estimate of drug-likeness (QED) is 0.813. The number of aliphatic hydroxyl groups excluding tert-OH is 1. The van der Waals surface area contributed by atoms with Crippen LogP contribution in [0.5, 0.6) is 5.75 Å². The second-order valence-corrected chi connectivity index (χ2v) is 4.91. The molecule has 2 rings (SSSR count). The lowest BCUT2D eigenvalue weighted by atomic mass is 10.0. The maximum absolute atomic E-state index is 9.15. The van der Waals surface area contributed by atoms with Crippen molar-refractivity contribution < 1.29 is 9.84 Å². The van der Waals surface area contributed by atoms with Gasteiger partial charge in [-0.05, 0) is 42.1 Å². The Morgan fingerprint density at radius 2 is 1.65 bits per heavy atom. The van der Waals surface area contributed by atoms with Gasteiger partial charge in [0.05, 0.1) is 0 Å². The van der Waals surface area contributed by atoms with Gasteiger partial charge in [-0.25, -0.2) is 0 Å². The minimum Gasteiger partial charge on any atom is -0.489 e. The van der Waals surface area contributed by atoms with E-state index < -0.39 is 0 Å². The predicted octanol–water partition coefficient (Wildman–Crippen LogP) is 2.38. The van der Waals surface area contributed by atoms with E-state index in [4.69, 9.17) is 15.6 Å². The van der Waals surface area contributed by atoms with Crippen molar-refractivity contribution in [2.24, 2.45) is 11.7 Å². The summed E-state index contributed by atoms with van der Waals surface area (Å²) in [6.45, 7) is 1.20. The largest absolute Gasteiger partial charge is 0.489 e. The molecule has 0 aromatic heterocycles. The van der Waals surface area contributed by atoms with Crippen molar-refractivity contribution >= 4 is 0 Å². The number of rotatable bonds is 7. The lowest BCUT2D eigenvalue weighted by Gasteiger charge is -2.12. The number of benzene rings is 2. The Balaban J connectivity index is 1.88. The maximum Gasteiger partial charge on any atom is 0.119 e. The summed E-state index contributed by atoms with van der Waals surface area (Å²) in [4.78, 5) is 0. The fourth-order valence-corrected chi connectivity index (χ4v) is 2.02. The molecule has 0 bridgehead atoms. The Morgan fingerprint density at radius 1 is 0.950 bits per heavy atom. The summed E-state index contributed by atoms with van der Waals surface area (Å²) in [6, 6.07) is 18.1. The second kappa shape index (κ2) is 7.68. The van der Waals surface area contributed by atoms with Crippen LogP contribution in [0.2, 0.25) is 0 Å². The van der Waals surface area contributed by atoms with Crippen LogP contribution in [0.25, 0.3) is 0 Å². The van der Waals surface area contributed by atoms with E-state index in [1.165, 1.54) is 5.56 Å². The van der Waals surface area contributed by atoms with E-state index in [1.807, 2.05) is 54.6 Å². The van der Waals surface area contributed by atoms with E-state index in [0.717, 1.165) is 17.7 Å². The minimum atomic E-state index is 0.128. The molecule has 0 aliphatic rings. The molecule has 0 heterocycles. The molecule has 2 aromatic carbocycles. The molecule has 0 spiro atoms. The Kier molecular flexibility index (Phi) is 5.59. The van der Waals surface area contributed by atoms with Crippen LogP contribution in [0.4, 0.5) is 0 Å². The normalized spacial score (nSPS) is 12.1. The lowest BCUT2D eigenvalue weighted by Crippen LogP contribution is -2.20. The number of hydrogen-bond acceptors (Lipinski definition) is 3. The molecule has 0 saturated heterocycles. The van der Waals surface area contributed by atoms with Gasteiger partial charge >= 0.3 is 0 Å². The summed E-state index contributed by atoms with van der Waals surface area (Å²) >= 11 is 0. The third-order valence-corrected chi connectivity index (χ3v) is 3.29. The monoisotopic (exact) mass is 271 g/mol. The standard InChI is InChI=1S/C17H21NO2/c18-11-16(12-19)10-14-6-8-17(9-7-14)20-13-15-4-2-1-3-5-15/h1-9,16,19H,10-13,18H2. The molecule has 3 nitrogen and oxygen atoms in total. The molecule has 2 aromatic rings. The smallest absolute Gasteiger partial charge is 0.119 e. The first kappa shape index (κ1) is 14.6. The first-order chi connectivity index (χ1) is 9.81. The summed E-state index contributed by atoms with van der Waals surface area (Å²) in [6.07, 6.45) is 0.798. The molecule has 0 amide bonds. The van der Waals surface area contributed by atoms with E-state index in [9.17, 15) is 0 Å². The molecular weight excluding hydrogens is 250 g/mol. The van der Waals surface area contributed by atoms with Gasteiger partial charge in [-0.2, -0.15) is 0 Å². The van der Waals surface area contributed by atoms with Crippen LogP contribution in [-0.4, -0.2) is 18.3 Å². The van der Waals surface area contributed by atoms with Crippen LogP contribution in [0.3, 0.4) is 0 Å². The number of nitrogens with two attached hydrogens (primary N) is 1. The van der Waals surface area contributed by atoms with Crippen molar-refractivity contribution in [2.75, 3.05) is 13.2 Å². The van der Waals surface area contributed by atoms with Crippen molar-refractivity contribution in [3.05, 3.63) is 65.7 Å². The fraction of sp³-hybridized carbons (Fsp3) is 0.294. The molecule has 0 aliphatic heterocycles. The molecule has 0 aliphatic carbocycles. The Morgan fingerprint density at radius 3 is 2.25 bits per heavy atom. The van der Waals surface area contributed by atoms with Gasteiger partial charge in [-0.3, -0.25) is 0 Å². The number of ether oxygens (including phenoxy) is 1. The van der Waals surface area contributed by atoms with Crippen molar-refractivity contribution in [3.8, 4) is 5.75 Å². The summed E-state index contributed by atoms with van der Waals surface area (Å²) in [5.74, 6) is 0.983. The highest BCUT2D eigenvalue weighted by molar-refractivity contribution is 5.28. The zero-order valence-corrected chi connectivity index (χ0v) is 11.5. The van der Waals surface area contributed by atoms with Crippen LogP contribution in [0, 0.1) is 5.92 Å². The van der Waals surface area contributed by atoms with Crippen LogP contribution in [0.1, 0.15) is 11.1 Å². The maximum atomic E-state index is 9.15. The minimum absolute atomic E-state index is 0.128. The zero-order valence-electron chi connectivity index (χ0n) is 11.5. The van der Waals surface area contributed by atoms with Gasteiger partial charge in [0.1, 0.15) is 12.4 Å². The number of aliphatic hydroxyl groups is 1. The first-order valence-electron chi connectivity index (χ1n) is 6.88. The fourth-order valence-electron chi connectivity index (χ4n) is 2.02. The van der Waals surface area contributed by atoms with Gasteiger partial charge in [0.15, 0.2) is 0 Å². The molecule has 1 atom stereocenters. The molecule has 20 heavy (non-hydrogen) atoms. The van der Waals surface area contributed by atoms with Gasteiger partial charge < -0.3 is 15.6 Å². The average Bonchev–Trinajstić information content (AvgIpc) is 2.53. The molecule has 0 fully saturated rings. The van der Waals surface area contributed by atoms with Crippen molar-refractivity contribution in [2.45, 2.75) is 13.0 Å². The third kappa shape index (κ3) is 4.37. The van der Waals surface area contributed by atoms with Gasteiger partial charge in [0.2, 0.25) is 0 Å². The topological polar surface area (TPSA) is 55.5 Å². The predicted molar refractivity (Wildman–Crippen MR) is 80.6 cm³/mol. The third-order valence-electron chi connectivity index (χ3n) is 3.29. The van der Waals surface area contributed by atoms with Gasteiger partial charge in [-0.1, -0.05) is 42.5 Å². The van der Waals surface area contributed by atoms with Gasteiger partial charge in [-0.15, -0.1) is 0 Å². The van der Waals surface area contributed by atoms with E-state index in [0.29, 0.717) is 13.2 Å². The van der Waals surface area contributed by atoms with Crippen LogP contribution in [0.15, 0.2) is 54.6 Å². The Hall–Kier alpha value is -1.84. The van der Waals surface area contributed by atoms with E-state index in [2.05, 4.69) is 0 Å². The van der Waals surface area contributed by atoms with Gasteiger partial charge in [0.25, 0.3) is 0 Å². The van der Waals surface area contributed by atoms with Crippen LogP contribution < -0.4 is 10.5 Å².